The molecular formula is C15H13FN2O5S. The van der Waals surface area contributed by atoms with Crippen LogP contribution in [0.25, 0.3) is 0 Å². The highest BCUT2D eigenvalue weighted by atomic mass is 32.2. The monoisotopic (exact) mass is 352 g/mol. The van der Waals surface area contributed by atoms with Crippen LogP contribution >= 0.6 is 0 Å². The minimum Gasteiger partial charge on any atom is -0.452 e. The first-order chi connectivity index (χ1) is 11.4. The third-order valence-electron chi connectivity index (χ3n) is 2.74. The third-order valence-corrected chi connectivity index (χ3v) is 4.00. The standard InChI is InChI=1S/C15H13FN2O5S/c1-22-15(19)18-17-10-11-2-6-13(7-3-11)23-24(20,21)14-8-4-12(16)5-9-14/h2-10H,1H3,(H,18,19)/b17-10-. The summed E-state index contributed by atoms with van der Waals surface area (Å²) in [5.74, 6) is -0.462. The molecule has 0 saturated heterocycles. The van der Waals surface area contributed by atoms with E-state index >= 15 is 0 Å². The summed E-state index contributed by atoms with van der Waals surface area (Å²) in [6.07, 6.45) is 0.631. The zero-order valence-electron chi connectivity index (χ0n) is 12.5. The number of carbonyl (C=O) groups is 1. The third kappa shape index (κ3) is 4.78. The largest absolute Gasteiger partial charge is 0.452 e. The lowest BCUT2D eigenvalue weighted by Gasteiger charge is -2.07. The van der Waals surface area contributed by atoms with Crippen LogP contribution in [0.2, 0.25) is 0 Å². The number of halogens is 1. The number of benzene rings is 2. The van der Waals surface area contributed by atoms with Gasteiger partial charge in [-0.1, -0.05) is 0 Å². The van der Waals surface area contributed by atoms with Gasteiger partial charge >= 0.3 is 16.2 Å². The van der Waals surface area contributed by atoms with E-state index in [1.807, 2.05) is 0 Å². The molecule has 24 heavy (non-hydrogen) atoms. The molecule has 1 N–H and O–H groups in total. The van der Waals surface area contributed by atoms with Crippen molar-refractivity contribution in [2.75, 3.05) is 7.11 Å². The van der Waals surface area contributed by atoms with Crippen LogP contribution in [0.3, 0.4) is 0 Å². The van der Waals surface area contributed by atoms with Crippen molar-refractivity contribution in [3.05, 3.63) is 59.9 Å². The van der Waals surface area contributed by atoms with Gasteiger partial charge in [-0.2, -0.15) is 13.5 Å². The summed E-state index contributed by atoms with van der Waals surface area (Å²) in [6, 6.07) is 10.2. The van der Waals surface area contributed by atoms with Gasteiger partial charge in [0.2, 0.25) is 0 Å². The number of nitrogens with one attached hydrogen (secondary N) is 1. The molecule has 0 spiro atoms. The molecule has 126 valence electrons. The van der Waals surface area contributed by atoms with Crippen molar-refractivity contribution in [1.29, 1.82) is 0 Å². The van der Waals surface area contributed by atoms with E-state index in [4.69, 9.17) is 4.18 Å². The Morgan fingerprint density at radius 3 is 2.33 bits per heavy atom. The molecule has 0 aliphatic heterocycles. The van der Waals surface area contributed by atoms with E-state index in [2.05, 4.69) is 15.3 Å². The van der Waals surface area contributed by atoms with E-state index in [1.54, 1.807) is 0 Å². The predicted octanol–water partition coefficient (Wildman–Crippen LogP) is 2.28. The van der Waals surface area contributed by atoms with E-state index in [-0.39, 0.29) is 10.6 Å². The van der Waals surface area contributed by atoms with E-state index in [1.165, 1.54) is 37.6 Å². The summed E-state index contributed by atoms with van der Waals surface area (Å²) in [5.41, 5.74) is 2.71. The van der Waals surface area contributed by atoms with E-state index in [9.17, 15) is 17.6 Å². The van der Waals surface area contributed by atoms with Crippen molar-refractivity contribution in [2.45, 2.75) is 4.90 Å². The van der Waals surface area contributed by atoms with Crippen LogP contribution in [0.4, 0.5) is 9.18 Å². The first kappa shape index (κ1) is 17.4. The molecule has 0 bridgehead atoms. The van der Waals surface area contributed by atoms with Crippen molar-refractivity contribution in [1.82, 2.24) is 5.43 Å². The van der Waals surface area contributed by atoms with Crippen LogP contribution in [0.1, 0.15) is 5.56 Å². The molecule has 0 saturated carbocycles. The molecule has 0 unspecified atom stereocenters. The maximum absolute atomic E-state index is 12.8. The average molecular weight is 352 g/mol. The summed E-state index contributed by atoms with van der Waals surface area (Å²) in [5, 5.41) is 3.63. The van der Waals surface area contributed by atoms with Crippen molar-refractivity contribution < 1.29 is 26.5 Å². The van der Waals surface area contributed by atoms with Gasteiger partial charge in [-0.05, 0) is 54.1 Å². The molecule has 0 heterocycles. The number of hydrazone groups is 1. The molecule has 0 fully saturated rings. The number of amides is 1. The van der Waals surface area contributed by atoms with Crippen LogP contribution in [-0.4, -0.2) is 27.8 Å². The van der Waals surface area contributed by atoms with Crippen LogP contribution in [0.15, 0.2) is 58.5 Å². The Hall–Kier alpha value is -2.94. The highest BCUT2D eigenvalue weighted by Gasteiger charge is 2.16. The predicted molar refractivity (Wildman–Crippen MR) is 83.8 cm³/mol. The van der Waals surface area contributed by atoms with Crippen LogP contribution < -0.4 is 9.61 Å². The molecular weight excluding hydrogens is 339 g/mol. The Bertz CT molecular complexity index is 833. The average Bonchev–Trinajstić information content (AvgIpc) is 2.56. The topological polar surface area (TPSA) is 94.1 Å². The molecule has 7 nitrogen and oxygen atoms in total. The lowest BCUT2D eigenvalue weighted by molar-refractivity contribution is 0.171. The number of hydrogen-bond donors (Lipinski definition) is 1. The van der Waals surface area contributed by atoms with Gasteiger partial charge in [0.05, 0.1) is 13.3 Å². The van der Waals surface area contributed by atoms with E-state index in [0.717, 1.165) is 24.3 Å². The molecule has 9 heteroatoms. The maximum atomic E-state index is 12.8. The number of rotatable bonds is 5. The summed E-state index contributed by atoms with van der Waals surface area (Å²) in [6.45, 7) is 0. The quantitative estimate of drug-likeness (QED) is 0.506. The van der Waals surface area contributed by atoms with Crippen LogP contribution in [-0.2, 0) is 14.9 Å². The molecule has 0 aliphatic rings. The van der Waals surface area contributed by atoms with E-state index in [0.29, 0.717) is 5.56 Å². The normalized spacial score (nSPS) is 11.2. The minimum absolute atomic E-state index is 0.0809. The van der Waals surface area contributed by atoms with Crippen molar-refractivity contribution in [3.8, 4) is 5.75 Å². The number of methoxy groups -OCH3 is 1. The van der Waals surface area contributed by atoms with Crippen molar-refractivity contribution in [3.63, 3.8) is 0 Å². The van der Waals surface area contributed by atoms with Gasteiger partial charge < -0.3 is 8.92 Å². The fraction of sp³-hybridized carbons (Fsp3) is 0.0667. The molecule has 0 radical (unpaired) electrons. The van der Waals surface area contributed by atoms with Gasteiger partial charge in [0.1, 0.15) is 16.5 Å². The molecule has 2 aromatic carbocycles. The second-order valence-electron chi connectivity index (χ2n) is 4.42. The fourth-order valence-corrected chi connectivity index (χ4v) is 2.52. The number of ether oxygens (including phenoxy) is 1. The van der Waals surface area contributed by atoms with Crippen molar-refractivity contribution >= 4 is 22.4 Å². The van der Waals surface area contributed by atoms with Gasteiger partial charge in [0.25, 0.3) is 0 Å². The lowest BCUT2D eigenvalue weighted by atomic mass is 10.2. The van der Waals surface area contributed by atoms with Gasteiger partial charge in [-0.3, -0.25) is 0 Å². The second kappa shape index (κ2) is 7.55. The van der Waals surface area contributed by atoms with Crippen LogP contribution in [0, 0.1) is 5.82 Å². The summed E-state index contributed by atoms with van der Waals surface area (Å²) < 4.78 is 46.2. The first-order valence-electron chi connectivity index (χ1n) is 6.58. The minimum atomic E-state index is -4.05. The molecule has 0 aromatic heterocycles. The van der Waals surface area contributed by atoms with Gasteiger partial charge in [0, 0.05) is 0 Å². The smallest absolute Gasteiger partial charge is 0.427 e. The van der Waals surface area contributed by atoms with Gasteiger partial charge in [0.15, 0.2) is 0 Å². The Morgan fingerprint density at radius 1 is 1.12 bits per heavy atom. The molecule has 1 amide bonds. The second-order valence-corrected chi connectivity index (χ2v) is 5.97. The Kier molecular flexibility index (Phi) is 5.48. The zero-order chi connectivity index (χ0) is 17.6. The number of hydrogen-bond acceptors (Lipinski definition) is 6. The summed E-state index contributed by atoms with van der Waals surface area (Å²) >= 11 is 0. The highest BCUT2D eigenvalue weighted by Crippen LogP contribution is 2.19. The lowest BCUT2D eigenvalue weighted by Crippen LogP contribution is -2.16. The first-order valence-corrected chi connectivity index (χ1v) is 7.99. The molecule has 2 aromatic rings. The molecule has 2 rings (SSSR count). The highest BCUT2D eigenvalue weighted by molar-refractivity contribution is 7.87. The molecule has 0 atom stereocenters. The van der Waals surface area contributed by atoms with Crippen LogP contribution in [0.5, 0.6) is 5.75 Å². The van der Waals surface area contributed by atoms with Crippen molar-refractivity contribution in [2.24, 2.45) is 5.10 Å². The number of nitrogens with zero attached hydrogens (tertiary/aromatic N) is 1. The zero-order valence-corrected chi connectivity index (χ0v) is 13.3. The summed E-state index contributed by atoms with van der Waals surface area (Å²) in [4.78, 5) is 10.7. The Morgan fingerprint density at radius 2 is 1.75 bits per heavy atom. The van der Waals surface area contributed by atoms with E-state index < -0.39 is 22.0 Å². The van der Waals surface area contributed by atoms with Gasteiger partial charge in [-0.25, -0.2) is 14.6 Å². The summed E-state index contributed by atoms with van der Waals surface area (Å²) in [7, 11) is -2.84. The maximum Gasteiger partial charge on any atom is 0.427 e. The Labute approximate surface area is 137 Å². The number of carbonyl (C=O) groups excluding carboxylic acids is 1. The van der Waals surface area contributed by atoms with Gasteiger partial charge in [-0.15, -0.1) is 0 Å². The Balaban J connectivity index is 2.05. The fourth-order valence-electron chi connectivity index (χ4n) is 1.59. The SMILES string of the molecule is COC(=O)N/N=C\c1ccc(OS(=O)(=O)c2ccc(F)cc2)cc1. The molecule has 0 aliphatic carbocycles.